The average molecular weight is 391 g/mol. The Kier molecular flexibility index (Phi) is 3.94. The number of anilines is 2. The second-order valence-electron chi connectivity index (χ2n) is 6.59. The molecule has 140 valence electrons. The van der Waals surface area contributed by atoms with Gasteiger partial charge in [-0.05, 0) is 36.3 Å². The zero-order valence-electron chi connectivity index (χ0n) is 14.8. The number of nitrogens with one attached hydrogen (secondary N) is 2. The molecule has 2 amide bonds. The molecule has 0 bridgehead atoms. The molecule has 4 N–H and O–H groups in total. The Morgan fingerprint density at radius 1 is 1.25 bits per heavy atom. The predicted molar refractivity (Wildman–Crippen MR) is 111 cm³/mol. The maximum absolute atomic E-state index is 11.3. The summed E-state index contributed by atoms with van der Waals surface area (Å²) in [5.74, 6) is 0.734. The third-order valence-corrected chi connectivity index (χ3v) is 5.70. The molecule has 0 spiro atoms. The van der Waals surface area contributed by atoms with Crippen molar-refractivity contribution in [3.8, 4) is 0 Å². The molecule has 4 aromatic rings. The Hall–Kier alpha value is -3.46. The number of hydrogen-bond donors (Lipinski definition) is 3. The third kappa shape index (κ3) is 2.95. The number of primary amides is 1. The van der Waals surface area contributed by atoms with Crippen LogP contribution in [0, 0.1) is 0 Å². The number of amides is 2. The lowest BCUT2D eigenvalue weighted by Crippen LogP contribution is -2.38. The lowest BCUT2D eigenvalue weighted by molar-refractivity contribution is 0.213. The number of nitrogens with zero attached hydrogens (tertiary/aromatic N) is 4. The van der Waals surface area contributed by atoms with E-state index >= 15 is 0 Å². The van der Waals surface area contributed by atoms with Gasteiger partial charge in [-0.15, -0.1) is 11.3 Å². The highest BCUT2D eigenvalue weighted by Crippen LogP contribution is 2.30. The fraction of sp³-hybridized carbons (Fsp3) is 0.158. The third-order valence-electron chi connectivity index (χ3n) is 4.89. The van der Waals surface area contributed by atoms with Gasteiger partial charge in [0, 0.05) is 24.5 Å². The van der Waals surface area contributed by atoms with E-state index in [1.807, 2.05) is 35.9 Å². The Balaban J connectivity index is 1.46. The van der Waals surface area contributed by atoms with Crippen LogP contribution < -0.4 is 11.1 Å². The Labute approximate surface area is 164 Å². The van der Waals surface area contributed by atoms with E-state index in [1.165, 1.54) is 6.33 Å². The first kappa shape index (κ1) is 16.7. The number of benzene rings is 1. The number of aromatic amines is 1. The summed E-state index contributed by atoms with van der Waals surface area (Å²) < 4.78 is 1.15. The minimum Gasteiger partial charge on any atom is -0.351 e. The van der Waals surface area contributed by atoms with Crippen LogP contribution in [0.5, 0.6) is 0 Å². The van der Waals surface area contributed by atoms with Crippen molar-refractivity contribution in [1.29, 1.82) is 0 Å². The molecule has 0 saturated carbocycles. The van der Waals surface area contributed by atoms with Crippen molar-refractivity contribution in [3.63, 3.8) is 0 Å². The summed E-state index contributed by atoms with van der Waals surface area (Å²) in [7, 11) is 0. The summed E-state index contributed by atoms with van der Waals surface area (Å²) in [6, 6.07) is 7.74. The van der Waals surface area contributed by atoms with E-state index in [0.717, 1.165) is 50.4 Å². The SMILES string of the molecule is NC(=O)N1CC=C(c2cc3c(Nc4ccc5scnc5c4)ncnc3[nH]2)CC1. The number of carbonyl (C=O) groups is 1. The summed E-state index contributed by atoms with van der Waals surface area (Å²) in [6.07, 6.45) is 4.30. The number of thiazole rings is 1. The zero-order chi connectivity index (χ0) is 19.1. The molecule has 0 fully saturated rings. The first-order valence-electron chi connectivity index (χ1n) is 8.85. The number of urea groups is 1. The predicted octanol–water partition coefficient (Wildman–Crippen LogP) is 3.48. The number of nitrogens with two attached hydrogens (primary N) is 1. The van der Waals surface area contributed by atoms with Gasteiger partial charge < -0.3 is 20.9 Å². The first-order chi connectivity index (χ1) is 13.7. The van der Waals surface area contributed by atoms with E-state index in [9.17, 15) is 4.79 Å². The van der Waals surface area contributed by atoms with Gasteiger partial charge in [-0.25, -0.2) is 19.7 Å². The maximum Gasteiger partial charge on any atom is 0.315 e. The van der Waals surface area contributed by atoms with Crippen molar-refractivity contribution < 1.29 is 4.79 Å². The van der Waals surface area contributed by atoms with E-state index in [4.69, 9.17) is 5.73 Å². The standard InChI is InChI=1S/C19H17N7OS/c20-19(27)26-5-3-11(4-6-26)14-8-13-17(21-9-22-18(13)25-14)24-12-1-2-16-15(7-12)23-10-28-16/h1-3,7-10H,4-6H2,(H2,20,27)(H2,21,22,24,25). The average Bonchev–Trinajstić information content (AvgIpc) is 3.35. The molecular formula is C19H17N7OS. The quantitative estimate of drug-likeness (QED) is 0.495. The van der Waals surface area contributed by atoms with Gasteiger partial charge in [-0.3, -0.25) is 0 Å². The first-order valence-corrected chi connectivity index (χ1v) is 9.73. The molecule has 4 heterocycles. The topological polar surface area (TPSA) is 113 Å². The van der Waals surface area contributed by atoms with Crippen LogP contribution in [0.1, 0.15) is 12.1 Å². The molecule has 8 nitrogen and oxygen atoms in total. The molecule has 9 heteroatoms. The van der Waals surface area contributed by atoms with E-state index < -0.39 is 0 Å². The zero-order valence-corrected chi connectivity index (χ0v) is 15.7. The number of hydrogen-bond acceptors (Lipinski definition) is 6. The van der Waals surface area contributed by atoms with Crippen LogP contribution >= 0.6 is 11.3 Å². The van der Waals surface area contributed by atoms with Crippen LogP contribution in [0.25, 0.3) is 26.8 Å². The molecule has 5 rings (SSSR count). The lowest BCUT2D eigenvalue weighted by Gasteiger charge is -2.24. The Morgan fingerprint density at radius 3 is 3.00 bits per heavy atom. The molecular weight excluding hydrogens is 374 g/mol. The Morgan fingerprint density at radius 2 is 2.18 bits per heavy atom. The van der Waals surface area contributed by atoms with Crippen LogP contribution in [0.3, 0.4) is 0 Å². The van der Waals surface area contributed by atoms with Crippen LogP contribution in [0.15, 0.2) is 42.2 Å². The fourth-order valence-electron chi connectivity index (χ4n) is 3.40. The van der Waals surface area contributed by atoms with Crippen molar-refractivity contribution >= 4 is 55.7 Å². The molecule has 28 heavy (non-hydrogen) atoms. The van der Waals surface area contributed by atoms with Crippen molar-refractivity contribution in [2.45, 2.75) is 6.42 Å². The lowest BCUT2D eigenvalue weighted by atomic mass is 10.1. The highest BCUT2D eigenvalue weighted by atomic mass is 32.1. The van der Waals surface area contributed by atoms with Gasteiger partial charge in [0.1, 0.15) is 17.8 Å². The molecule has 3 aromatic heterocycles. The molecule has 1 aliphatic rings. The Bertz CT molecular complexity index is 1230. The van der Waals surface area contributed by atoms with Gasteiger partial charge in [0.15, 0.2) is 0 Å². The van der Waals surface area contributed by atoms with Gasteiger partial charge >= 0.3 is 6.03 Å². The number of fused-ring (bicyclic) bond motifs is 2. The van der Waals surface area contributed by atoms with E-state index in [0.29, 0.717) is 13.1 Å². The molecule has 0 aliphatic carbocycles. The molecule has 0 radical (unpaired) electrons. The minimum absolute atomic E-state index is 0.388. The van der Waals surface area contributed by atoms with Gasteiger partial charge in [-0.1, -0.05) is 6.08 Å². The van der Waals surface area contributed by atoms with Gasteiger partial charge in [0.2, 0.25) is 0 Å². The number of aromatic nitrogens is 4. The molecule has 0 atom stereocenters. The highest BCUT2D eigenvalue weighted by molar-refractivity contribution is 7.16. The maximum atomic E-state index is 11.3. The fourth-order valence-corrected chi connectivity index (χ4v) is 4.06. The van der Waals surface area contributed by atoms with Crippen LogP contribution in [0.4, 0.5) is 16.3 Å². The monoisotopic (exact) mass is 391 g/mol. The second kappa shape index (κ2) is 6.61. The molecule has 0 saturated heterocycles. The van der Waals surface area contributed by atoms with Crippen LogP contribution in [0.2, 0.25) is 0 Å². The molecule has 1 aliphatic heterocycles. The van der Waals surface area contributed by atoms with Gasteiger partial charge in [-0.2, -0.15) is 0 Å². The van der Waals surface area contributed by atoms with Crippen molar-refractivity contribution in [1.82, 2.24) is 24.8 Å². The van der Waals surface area contributed by atoms with Crippen molar-refractivity contribution in [2.24, 2.45) is 5.73 Å². The highest BCUT2D eigenvalue weighted by Gasteiger charge is 2.18. The summed E-state index contributed by atoms with van der Waals surface area (Å²) in [5.41, 5.74) is 12.0. The van der Waals surface area contributed by atoms with E-state index in [-0.39, 0.29) is 6.03 Å². The summed E-state index contributed by atoms with van der Waals surface area (Å²) in [4.78, 5) is 29.4. The normalized spacial score (nSPS) is 14.4. The van der Waals surface area contributed by atoms with E-state index in [1.54, 1.807) is 16.2 Å². The molecule has 1 aromatic carbocycles. The van der Waals surface area contributed by atoms with Crippen molar-refractivity contribution in [2.75, 3.05) is 18.4 Å². The van der Waals surface area contributed by atoms with Gasteiger partial charge in [0.25, 0.3) is 0 Å². The van der Waals surface area contributed by atoms with Crippen LogP contribution in [-0.4, -0.2) is 44.0 Å². The number of carbonyl (C=O) groups excluding carboxylic acids is 1. The summed E-state index contributed by atoms with van der Waals surface area (Å²) in [5, 5.41) is 4.28. The number of H-pyrrole nitrogens is 1. The van der Waals surface area contributed by atoms with Gasteiger partial charge in [0.05, 0.1) is 21.1 Å². The number of rotatable bonds is 3. The van der Waals surface area contributed by atoms with Crippen molar-refractivity contribution in [3.05, 3.63) is 47.9 Å². The van der Waals surface area contributed by atoms with Crippen LogP contribution in [-0.2, 0) is 0 Å². The minimum atomic E-state index is -0.388. The summed E-state index contributed by atoms with van der Waals surface area (Å²) >= 11 is 1.62. The smallest absolute Gasteiger partial charge is 0.315 e. The molecule has 0 unspecified atom stereocenters. The van der Waals surface area contributed by atoms with E-state index in [2.05, 4.69) is 25.3 Å². The second-order valence-corrected chi connectivity index (χ2v) is 7.48. The summed E-state index contributed by atoms with van der Waals surface area (Å²) in [6.45, 7) is 1.13. The largest absolute Gasteiger partial charge is 0.351 e.